The predicted octanol–water partition coefficient (Wildman–Crippen LogP) is 1.23. The minimum absolute atomic E-state index is 0.166. The molecule has 3 N–H and O–H groups in total. The molecule has 7 heteroatoms. The van der Waals surface area contributed by atoms with Crippen molar-refractivity contribution < 1.29 is 19.3 Å². The molecule has 2 fully saturated rings. The molecule has 30 heavy (non-hydrogen) atoms. The number of hydrogen-bond acceptors (Lipinski definition) is 6. The fourth-order valence-electron chi connectivity index (χ4n) is 4.47. The topological polar surface area (TPSA) is 68.2 Å². The Bertz CT molecular complexity index is 784. The van der Waals surface area contributed by atoms with E-state index in [-0.39, 0.29) is 24.6 Å². The van der Waals surface area contributed by atoms with E-state index >= 15 is 0 Å². The summed E-state index contributed by atoms with van der Waals surface area (Å²) >= 11 is 0. The van der Waals surface area contributed by atoms with Gasteiger partial charge in [-0.15, -0.1) is 0 Å². The molecule has 4 rings (SSSR count). The first-order valence-electron chi connectivity index (χ1n) is 10.6. The van der Waals surface area contributed by atoms with E-state index < -0.39 is 12.2 Å². The van der Waals surface area contributed by atoms with Crippen molar-refractivity contribution in [2.45, 2.75) is 30.9 Å². The molecule has 0 bridgehead atoms. The normalized spacial score (nSPS) is 27.5. The van der Waals surface area contributed by atoms with Gasteiger partial charge in [-0.25, -0.2) is 4.39 Å². The van der Waals surface area contributed by atoms with Gasteiger partial charge in [0.1, 0.15) is 18.0 Å². The Balaban J connectivity index is 1.35. The van der Waals surface area contributed by atoms with Gasteiger partial charge in [0.25, 0.3) is 0 Å². The average Bonchev–Trinajstić information content (AvgIpc) is 3.11. The van der Waals surface area contributed by atoms with E-state index in [9.17, 15) is 14.6 Å². The third-order valence-electron chi connectivity index (χ3n) is 6.09. The summed E-state index contributed by atoms with van der Waals surface area (Å²) in [5.41, 5.74) is 2.20. The Morgan fingerprint density at radius 2 is 1.67 bits per heavy atom. The highest BCUT2D eigenvalue weighted by molar-refractivity contribution is 5.46. The molecule has 2 aromatic carbocycles. The highest BCUT2D eigenvalue weighted by Gasteiger charge is 2.46. The lowest BCUT2D eigenvalue weighted by atomic mass is 10.0. The summed E-state index contributed by atoms with van der Waals surface area (Å²) in [6.07, 6.45) is -1.52. The van der Waals surface area contributed by atoms with E-state index in [4.69, 9.17) is 4.74 Å². The van der Waals surface area contributed by atoms with Crippen molar-refractivity contribution in [3.8, 4) is 0 Å². The molecule has 0 aromatic heterocycles. The van der Waals surface area contributed by atoms with Crippen molar-refractivity contribution in [1.82, 2.24) is 10.2 Å². The van der Waals surface area contributed by atoms with Crippen LogP contribution in [0, 0.1) is 5.82 Å². The van der Waals surface area contributed by atoms with Crippen molar-refractivity contribution in [3.05, 3.63) is 66.0 Å². The number of benzene rings is 2. The number of hydrogen-bond donors (Lipinski definition) is 3. The molecule has 162 valence electrons. The first-order chi connectivity index (χ1) is 14.7. The fourth-order valence-corrected chi connectivity index (χ4v) is 4.47. The molecular formula is C23H30FN3O3. The lowest BCUT2D eigenvalue weighted by molar-refractivity contribution is -0.0213. The summed E-state index contributed by atoms with van der Waals surface area (Å²) in [5.74, 6) is -0.249. The van der Waals surface area contributed by atoms with Crippen LogP contribution in [0.15, 0.2) is 54.6 Å². The molecule has 0 spiro atoms. The maximum absolute atomic E-state index is 13.1. The fraction of sp³-hybridized carbons (Fsp3) is 0.478. The first-order valence-corrected chi connectivity index (χ1v) is 10.6. The number of para-hydroxylation sites is 1. The molecule has 0 amide bonds. The quantitative estimate of drug-likeness (QED) is 0.632. The second-order valence-corrected chi connectivity index (χ2v) is 7.99. The first kappa shape index (κ1) is 21.2. The standard InChI is InChI=1S/C23H30FN3O3/c24-18-8-6-17(7-9-18)14-25-15-20-22(23(29)21(16-28)30-20)27-12-10-26(11-13-27)19-4-2-1-3-5-19/h1-9,20-23,25,28-29H,10-16H2/t20-,21+,22+,23-/m1/s1. The van der Waals surface area contributed by atoms with Gasteiger partial charge >= 0.3 is 0 Å². The minimum Gasteiger partial charge on any atom is -0.394 e. The zero-order chi connectivity index (χ0) is 20.9. The zero-order valence-electron chi connectivity index (χ0n) is 17.0. The van der Waals surface area contributed by atoms with Crippen LogP contribution in [0.5, 0.6) is 0 Å². The molecule has 6 nitrogen and oxygen atoms in total. The van der Waals surface area contributed by atoms with Crippen molar-refractivity contribution in [1.29, 1.82) is 0 Å². The van der Waals surface area contributed by atoms with E-state index in [2.05, 4.69) is 27.2 Å². The van der Waals surface area contributed by atoms with Crippen molar-refractivity contribution >= 4 is 5.69 Å². The van der Waals surface area contributed by atoms with Crippen LogP contribution >= 0.6 is 0 Å². The second-order valence-electron chi connectivity index (χ2n) is 7.99. The summed E-state index contributed by atoms with van der Waals surface area (Å²) in [4.78, 5) is 4.63. The number of nitrogens with one attached hydrogen (secondary N) is 1. The third kappa shape index (κ3) is 4.82. The lowest BCUT2D eigenvalue weighted by Crippen LogP contribution is -2.57. The van der Waals surface area contributed by atoms with Crippen LogP contribution in [0.1, 0.15) is 5.56 Å². The number of anilines is 1. The zero-order valence-corrected chi connectivity index (χ0v) is 17.0. The Hall–Kier alpha value is -2.03. The largest absolute Gasteiger partial charge is 0.394 e. The van der Waals surface area contributed by atoms with E-state index in [0.29, 0.717) is 13.1 Å². The second kappa shape index (κ2) is 9.85. The van der Waals surface area contributed by atoms with Gasteiger partial charge in [-0.3, -0.25) is 4.90 Å². The SMILES string of the molecule is OC[C@@H]1O[C@H](CNCc2ccc(F)cc2)[C@H](N2CCN(c3ccccc3)CC2)[C@@H]1O. The summed E-state index contributed by atoms with van der Waals surface area (Å²) in [5, 5.41) is 23.8. The van der Waals surface area contributed by atoms with Crippen LogP contribution in [0.25, 0.3) is 0 Å². The van der Waals surface area contributed by atoms with E-state index in [1.54, 1.807) is 12.1 Å². The Morgan fingerprint density at radius 3 is 2.33 bits per heavy atom. The predicted molar refractivity (Wildman–Crippen MR) is 114 cm³/mol. The number of halogens is 1. The minimum atomic E-state index is -0.726. The monoisotopic (exact) mass is 415 g/mol. The molecule has 2 heterocycles. The molecule has 2 aliphatic rings. The van der Waals surface area contributed by atoms with E-state index in [1.807, 2.05) is 18.2 Å². The number of nitrogens with zero attached hydrogens (tertiary/aromatic N) is 2. The molecule has 0 aliphatic carbocycles. The van der Waals surface area contributed by atoms with Gasteiger partial charge < -0.3 is 25.2 Å². The van der Waals surface area contributed by atoms with Crippen molar-refractivity contribution in [2.24, 2.45) is 0 Å². The van der Waals surface area contributed by atoms with Crippen LogP contribution in [-0.2, 0) is 11.3 Å². The third-order valence-corrected chi connectivity index (χ3v) is 6.09. The van der Waals surface area contributed by atoms with Gasteiger partial charge in [-0.05, 0) is 29.8 Å². The van der Waals surface area contributed by atoms with E-state index in [0.717, 1.165) is 31.7 Å². The lowest BCUT2D eigenvalue weighted by Gasteiger charge is -2.41. The van der Waals surface area contributed by atoms with Gasteiger partial charge in [0.15, 0.2) is 0 Å². The maximum Gasteiger partial charge on any atom is 0.123 e. The van der Waals surface area contributed by atoms with Crippen molar-refractivity contribution in [2.75, 3.05) is 44.2 Å². The average molecular weight is 416 g/mol. The summed E-state index contributed by atoms with van der Waals surface area (Å²) in [6, 6.07) is 16.6. The highest BCUT2D eigenvalue weighted by Crippen LogP contribution is 2.27. The molecule has 4 atom stereocenters. The van der Waals surface area contributed by atoms with Crippen LogP contribution in [-0.4, -0.2) is 78.8 Å². The maximum atomic E-state index is 13.1. The van der Waals surface area contributed by atoms with Gasteiger partial charge in [-0.2, -0.15) is 0 Å². The van der Waals surface area contributed by atoms with E-state index in [1.165, 1.54) is 17.8 Å². The van der Waals surface area contributed by atoms with Crippen LogP contribution in [0.4, 0.5) is 10.1 Å². The summed E-state index contributed by atoms with van der Waals surface area (Å²) in [6.45, 7) is 4.36. The van der Waals surface area contributed by atoms with Crippen LogP contribution < -0.4 is 10.2 Å². The highest BCUT2D eigenvalue weighted by atomic mass is 19.1. The van der Waals surface area contributed by atoms with Gasteiger partial charge in [0.2, 0.25) is 0 Å². The van der Waals surface area contributed by atoms with Crippen LogP contribution in [0.2, 0.25) is 0 Å². The molecule has 0 saturated carbocycles. The number of aliphatic hydroxyl groups is 2. The summed E-state index contributed by atoms with van der Waals surface area (Å²) < 4.78 is 19.1. The smallest absolute Gasteiger partial charge is 0.123 e. The molecule has 2 saturated heterocycles. The Morgan fingerprint density at radius 1 is 0.967 bits per heavy atom. The number of rotatable bonds is 7. The van der Waals surface area contributed by atoms with Gasteiger partial charge in [0, 0.05) is 45.0 Å². The molecule has 2 aliphatic heterocycles. The number of piperazine rings is 1. The molecule has 0 radical (unpaired) electrons. The van der Waals surface area contributed by atoms with Crippen LogP contribution in [0.3, 0.4) is 0 Å². The Kier molecular flexibility index (Phi) is 6.97. The van der Waals surface area contributed by atoms with Gasteiger partial charge in [0.05, 0.1) is 18.8 Å². The number of ether oxygens (including phenoxy) is 1. The number of aliphatic hydroxyl groups excluding tert-OH is 2. The molecular weight excluding hydrogens is 385 g/mol. The molecule has 2 aromatic rings. The molecule has 0 unspecified atom stereocenters. The summed E-state index contributed by atoms with van der Waals surface area (Å²) in [7, 11) is 0. The van der Waals surface area contributed by atoms with Crippen molar-refractivity contribution in [3.63, 3.8) is 0 Å². The Labute approximate surface area is 176 Å². The van der Waals surface area contributed by atoms with Gasteiger partial charge in [-0.1, -0.05) is 30.3 Å².